The van der Waals surface area contributed by atoms with Crippen molar-refractivity contribution in [2.24, 2.45) is 0 Å². The fourth-order valence-corrected chi connectivity index (χ4v) is 5.22. The minimum Gasteiger partial charge on any atom is -0.494 e. The maximum atomic E-state index is 13.2. The van der Waals surface area contributed by atoms with E-state index in [4.69, 9.17) is 9.47 Å². The molecule has 1 aromatic rings. The zero-order chi connectivity index (χ0) is 21.3. The van der Waals surface area contributed by atoms with Crippen molar-refractivity contribution in [2.75, 3.05) is 33.9 Å². The van der Waals surface area contributed by atoms with E-state index < -0.39 is 40.0 Å². The smallest absolute Gasteiger partial charge is 0.327 e. The van der Waals surface area contributed by atoms with Crippen LogP contribution in [0.4, 0.5) is 4.79 Å². The van der Waals surface area contributed by atoms with Gasteiger partial charge in [-0.3, -0.25) is 14.5 Å². The molecule has 0 spiro atoms. The number of carbonyl (C=O) groups excluding carboxylic acids is 3. The molecule has 0 saturated carbocycles. The number of ether oxygens (including phenoxy) is 2. The number of amides is 3. The summed E-state index contributed by atoms with van der Waals surface area (Å²) in [7, 11) is -1.42. The van der Waals surface area contributed by atoms with Gasteiger partial charge in [-0.25, -0.2) is 13.2 Å². The van der Waals surface area contributed by atoms with Crippen LogP contribution in [0.5, 0.6) is 5.75 Å². The van der Waals surface area contributed by atoms with Crippen LogP contribution in [0, 0.1) is 0 Å². The zero-order valence-corrected chi connectivity index (χ0v) is 17.2. The molecule has 3 rings (SSSR count). The van der Waals surface area contributed by atoms with Gasteiger partial charge in [0, 0.05) is 13.6 Å². The minimum atomic E-state index is -4.07. The largest absolute Gasteiger partial charge is 0.494 e. The van der Waals surface area contributed by atoms with Crippen molar-refractivity contribution >= 4 is 27.9 Å². The number of imide groups is 1. The van der Waals surface area contributed by atoms with Gasteiger partial charge in [0.1, 0.15) is 18.3 Å². The third kappa shape index (κ3) is 3.79. The number of rotatable bonds is 6. The summed E-state index contributed by atoms with van der Waals surface area (Å²) in [4.78, 5) is 39.1. The highest BCUT2D eigenvalue weighted by Gasteiger charge is 2.50. The quantitative estimate of drug-likeness (QED) is 0.475. The van der Waals surface area contributed by atoms with Gasteiger partial charge in [-0.1, -0.05) is 0 Å². The summed E-state index contributed by atoms with van der Waals surface area (Å²) in [5, 5.41) is 0. The Morgan fingerprint density at radius 1 is 1.21 bits per heavy atom. The lowest BCUT2D eigenvalue weighted by molar-refractivity contribution is -0.144. The number of esters is 1. The van der Waals surface area contributed by atoms with Crippen molar-refractivity contribution in [3.8, 4) is 5.75 Å². The fourth-order valence-electron chi connectivity index (χ4n) is 3.59. The molecule has 0 aliphatic carbocycles. The van der Waals surface area contributed by atoms with E-state index in [1.54, 1.807) is 0 Å². The van der Waals surface area contributed by atoms with E-state index in [-0.39, 0.29) is 24.4 Å². The van der Waals surface area contributed by atoms with E-state index in [0.717, 1.165) is 16.3 Å². The Morgan fingerprint density at radius 3 is 2.38 bits per heavy atom. The first-order valence-electron chi connectivity index (χ1n) is 9.10. The van der Waals surface area contributed by atoms with E-state index >= 15 is 0 Å². The number of benzene rings is 1. The van der Waals surface area contributed by atoms with Crippen molar-refractivity contribution in [2.45, 2.75) is 30.3 Å². The Balaban J connectivity index is 1.91. The summed E-state index contributed by atoms with van der Waals surface area (Å²) in [6.07, 6.45) is -0.0196. The van der Waals surface area contributed by atoms with Crippen molar-refractivity contribution in [1.82, 2.24) is 14.1 Å². The first-order chi connectivity index (χ1) is 13.7. The van der Waals surface area contributed by atoms with Crippen molar-refractivity contribution in [3.63, 3.8) is 0 Å². The topological polar surface area (TPSA) is 114 Å². The number of hydrogen-bond donors (Lipinski definition) is 0. The number of urea groups is 1. The maximum Gasteiger partial charge on any atom is 0.327 e. The molecule has 2 aliphatic heterocycles. The lowest BCUT2D eigenvalue weighted by Gasteiger charge is -2.23. The SMILES string of the molecule is CCOc1ccc(S(=O)(=O)N2C[C@@H](N3C(=O)CN(C)C3=O)C[C@@H]2C(=O)OC)cc1. The summed E-state index contributed by atoms with van der Waals surface area (Å²) < 4.78 is 37.5. The Bertz CT molecular complexity index is 916. The van der Waals surface area contributed by atoms with Crippen LogP contribution >= 0.6 is 0 Å². The van der Waals surface area contributed by atoms with Crippen LogP contribution in [0.1, 0.15) is 13.3 Å². The molecule has 1 aromatic carbocycles. The first kappa shape index (κ1) is 21.1. The molecule has 2 heterocycles. The summed E-state index contributed by atoms with van der Waals surface area (Å²) >= 11 is 0. The van der Waals surface area contributed by atoms with Gasteiger partial charge >= 0.3 is 12.0 Å². The number of likely N-dealkylation sites (N-methyl/N-ethyl adjacent to an activating group) is 1. The predicted octanol–water partition coefficient (Wildman–Crippen LogP) is 0.284. The van der Waals surface area contributed by atoms with Gasteiger partial charge in [0.15, 0.2) is 0 Å². The average Bonchev–Trinajstić information content (AvgIpc) is 3.23. The molecule has 2 fully saturated rings. The molecule has 11 heteroatoms. The van der Waals surface area contributed by atoms with Crippen molar-refractivity contribution in [1.29, 1.82) is 0 Å². The molecule has 0 aromatic heterocycles. The lowest BCUT2D eigenvalue weighted by atomic mass is 10.1. The molecule has 0 unspecified atom stereocenters. The normalized spacial score (nSPS) is 23.0. The number of nitrogens with zero attached hydrogens (tertiary/aromatic N) is 3. The second kappa shape index (κ2) is 7.99. The van der Waals surface area contributed by atoms with Gasteiger partial charge < -0.3 is 14.4 Å². The lowest BCUT2D eigenvalue weighted by Crippen LogP contribution is -2.43. The predicted molar refractivity (Wildman–Crippen MR) is 101 cm³/mol. The second-order valence-corrected chi connectivity index (χ2v) is 8.70. The summed E-state index contributed by atoms with van der Waals surface area (Å²) in [5.41, 5.74) is 0. The van der Waals surface area contributed by atoms with Gasteiger partial charge in [-0.2, -0.15) is 4.31 Å². The highest BCUT2D eigenvalue weighted by molar-refractivity contribution is 7.89. The molecule has 0 bridgehead atoms. The van der Waals surface area contributed by atoms with Gasteiger partial charge in [0.2, 0.25) is 10.0 Å². The molecule has 2 aliphatic rings. The Morgan fingerprint density at radius 2 is 1.86 bits per heavy atom. The number of sulfonamides is 1. The molecule has 29 heavy (non-hydrogen) atoms. The summed E-state index contributed by atoms with van der Waals surface area (Å²) in [6, 6.07) is 3.45. The third-order valence-corrected chi connectivity index (χ3v) is 6.88. The summed E-state index contributed by atoms with van der Waals surface area (Å²) in [6.45, 7) is 2.00. The molecule has 2 atom stereocenters. The molecular formula is C18H23N3O7S. The molecule has 3 amide bonds. The molecule has 158 valence electrons. The van der Waals surface area contributed by atoms with Crippen LogP contribution in [0.25, 0.3) is 0 Å². The second-order valence-electron chi connectivity index (χ2n) is 6.81. The van der Waals surface area contributed by atoms with Crippen molar-refractivity contribution in [3.05, 3.63) is 24.3 Å². The van der Waals surface area contributed by atoms with E-state index in [1.165, 1.54) is 36.2 Å². The average molecular weight is 425 g/mol. The Labute approximate surface area is 169 Å². The van der Waals surface area contributed by atoms with Gasteiger partial charge in [-0.05, 0) is 37.6 Å². The van der Waals surface area contributed by atoms with Crippen LogP contribution in [0.2, 0.25) is 0 Å². The van der Waals surface area contributed by atoms with Crippen LogP contribution in [0.3, 0.4) is 0 Å². The Hall–Kier alpha value is -2.66. The van der Waals surface area contributed by atoms with Crippen LogP contribution in [-0.2, 0) is 24.3 Å². The van der Waals surface area contributed by atoms with Gasteiger partial charge in [0.05, 0.1) is 24.7 Å². The third-order valence-electron chi connectivity index (χ3n) is 4.99. The van der Waals surface area contributed by atoms with Crippen LogP contribution in [-0.4, -0.2) is 86.4 Å². The van der Waals surface area contributed by atoms with Gasteiger partial charge in [0.25, 0.3) is 5.91 Å². The van der Waals surface area contributed by atoms with Gasteiger partial charge in [-0.15, -0.1) is 0 Å². The van der Waals surface area contributed by atoms with Crippen LogP contribution < -0.4 is 4.74 Å². The first-order valence-corrected chi connectivity index (χ1v) is 10.5. The fraction of sp³-hybridized carbons (Fsp3) is 0.500. The molecule has 2 saturated heterocycles. The molecule has 0 radical (unpaired) electrons. The zero-order valence-electron chi connectivity index (χ0n) is 16.4. The number of hydrogen-bond acceptors (Lipinski definition) is 7. The van der Waals surface area contributed by atoms with Crippen LogP contribution in [0.15, 0.2) is 29.2 Å². The van der Waals surface area contributed by atoms with E-state index in [0.29, 0.717) is 12.4 Å². The summed E-state index contributed by atoms with van der Waals surface area (Å²) in [5.74, 6) is -0.646. The standard InChI is InChI=1S/C18H23N3O7S/c1-4-28-13-5-7-14(8-6-13)29(25,26)20-10-12(9-15(20)17(23)27-3)21-16(22)11-19(2)18(21)24/h5-8,12,15H,4,9-11H2,1-3H3/t12-,15+/m0/s1. The van der Waals surface area contributed by atoms with E-state index in [1.807, 2.05) is 6.92 Å². The maximum absolute atomic E-state index is 13.2. The minimum absolute atomic E-state index is 0.0196. The molecular weight excluding hydrogens is 402 g/mol. The van der Waals surface area contributed by atoms with Crippen molar-refractivity contribution < 1.29 is 32.3 Å². The number of methoxy groups -OCH3 is 1. The molecule has 0 N–H and O–H groups in total. The highest BCUT2D eigenvalue weighted by Crippen LogP contribution is 2.31. The monoisotopic (exact) mass is 425 g/mol. The Kier molecular flexibility index (Phi) is 5.80. The number of carbonyl (C=O) groups is 3. The van der Waals surface area contributed by atoms with E-state index in [9.17, 15) is 22.8 Å². The van der Waals surface area contributed by atoms with E-state index in [2.05, 4.69) is 0 Å². The highest BCUT2D eigenvalue weighted by atomic mass is 32.2. The molecule has 10 nitrogen and oxygen atoms in total.